The number of esters is 1. The van der Waals surface area contributed by atoms with Crippen molar-refractivity contribution in [1.82, 2.24) is 10.2 Å². The lowest BCUT2D eigenvalue weighted by Gasteiger charge is -2.34. The van der Waals surface area contributed by atoms with Crippen LogP contribution in [0.3, 0.4) is 0 Å². The Bertz CT molecular complexity index is 677. The van der Waals surface area contributed by atoms with Crippen LogP contribution in [-0.4, -0.2) is 47.9 Å². The predicted octanol–water partition coefficient (Wildman–Crippen LogP) is 2.43. The zero-order chi connectivity index (χ0) is 18.6. The number of hydrogen-bond donors (Lipinski definition) is 1. The molecule has 1 heterocycles. The topological polar surface area (TPSA) is 75.7 Å². The third kappa shape index (κ3) is 4.81. The summed E-state index contributed by atoms with van der Waals surface area (Å²) in [7, 11) is 0. The Morgan fingerprint density at radius 1 is 1.44 bits per heavy atom. The van der Waals surface area contributed by atoms with Crippen molar-refractivity contribution in [3.05, 3.63) is 33.8 Å². The monoisotopic (exact) mass is 410 g/mol. The van der Waals surface area contributed by atoms with Crippen molar-refractivity contribution < 1.29 is 19.1 Å². The zero-order valence-electron chi connectivity index (χ0n) is 14.7. The molecule has 0 bridgehead atoms. The molecule has 2 amide bonds. The lowest BCUT2D eigenvalue weighted by Crippen LogP contribution is -2.57. The van der Waals surface area contributed by atoms with E-state index in [4.69, 9.17) is 4.74 Å². The number of carbonyl (C=O) groups excluding carboxylic acids is 3. The van der Waals surface area contributed by atoms with E-state index in [1.165, 1.54) is 4.90 Å². The van der Waals surface area contributed by atoms with Crippen LogP contribution in [0.15, 0.2) is 22.7 Å². The van der Waals surface area contributed by atoms with Crippen LogP contribution in [-0.2, 0) is 14.3 Å². The Balaban J connectivity index is 2.17. The molecule has 1 aromatic rings. The predicted molar refractivity (Wildman–Crippen MR) is 97.2 cm³/mol. The fourth-order valence-corrected chi connectivity index (χ4v) is 2.94. The number of amides is 2. The summed E-state index contributed by atoms with van der Waals surface area (Å²) in [5, 5.41) is 2.71. The van der Waals surface area contributed by atoms with Crippen LogP contribution >= 0.6 is 15.9 Å². The highest BCUT2D eigenvalue weighted by Gasteiger charge is 2.35. The van der Waals surface area contributed by atoms with Crippen molar-refractivity contribution in [2.75, 3.05) is 13.1 Å². The van der Waals surface area contributed by atoms with Crippen LogP contribution in [0.2, 0.25) is 0 Å². The van der Waals surface area contributed by atoms with Crippen LogP contribution in [0.25, 0.3) is 0 Å². The maximum absolute atomic E-state index is 12.9. The largest absolute Gasteiger partial charge is 0.463 e. The summed E-state index contributed by atoms with van der Waals surface area (Å²) < 4.78 is 6.08. The maximum atomic E-state index is 12.9. The molecule has 2 atom stereocenters. The number of ether oxygens (including phenoxy) is 1. The van der Waals surface area contributed by atoms with Crippen LogP contribution in [0, 0.1) is 6.92 Å². The minimum absolute atomic E-state index is 0.144. The Morgan fingerprint density at radius 3 is 2.80 bits per heavy atom. The standard InChI is InChI=1S/C18H23BrN2O4/c1-4-12(3)25-16(22)10-15-17(23)20-7-8-21(15)18(24)13-6-5-11(2)14(19)9-13/h5-6,9,12,15H,4,7-8,10H2,1-3H3,(H,20,23). The van der Waals surface area contributed by atoms with Crippen molar-refractivity contribution in [3.63, 3.8) is 0 Å². The summed E-state index contributed by atoms with van der Waals surface area (Å²) in [6.07, 6.45) is 0.341. The summed E-state index contributed by atoms with van der Waals surface area (Å²) >= 11 is 3.42. The summed E-state index contributed by atoms with van der Waals surface area (Å²) in [6, 6.07) is 4.45. The number of aryl methyl sites for hydroxylation is 1. The van der Waals surface area contributed by atoms with Gasteiger partial charge >= 0.3 is 5.97 Å². The number of halogens is 1. The molecule has 136 valence electrons. The van der Waals surface area contributed by atoms with E-state index in [1.807, 2.05) is 19.9 Å². The number of rotatable bonds is 5. The molecular formula is C18H23BrN2O4. The van der Waals surface area contributed by atoms with Gasteiger partial charge in [0.1, 0.15) is 6.04 Å². The summed E-state index contributed by atoms with van der Waals surface area (Å²) in [5.74, 6) is -1.07. The first-order valence-corrected chi connectivity index (χ1v) is 9.17. The van der Waals surface area contributed by atoms with Crippen LogP contribution in [0.4, 0.5) is 0 Å². The van der Waals surface area contributed by atoms with E-state index in [0.29, 0.717) is 25.1 Å². The van der Waals surface area contributed by atoms with E-state index in [-0.39, 0.29) is 24.3 Å². The number of hydrogen-bond acceptors (Lipinski definition) is 4. The highest BCUT2D eigenvalue weighted by Crippen LogP contribution is 2.21. The second-order valence-electron chi connectivity index (χ2n) is 6.18. The lowest BCUT2D eigenvalue weighted by molar-refractivity contribution is -0.151. The molecule has 1 aliphatic heterocycles. The van der Waals surface area contributed by atoms with E-state index in [2.05, 4.69) is 21.2 Å². The fraction of sp³-hybridized carbons (Fsp3) is 0.500. The molecule has 1 N–H and O–H groups in total. The van der Waals surface area contributed by atoms with Gasteiger partial charge in [-0.25, -0.2) is 0 Å². The molecule has 1 fully saturated rings. The van der Waals surface area contributed by atoms with Gasteiger partial charge in [0, 0.05) is 23.1 Å². The molecule has 6 nitrogen and oxygen atoms in total. The second kappa shape index (κ2) is 8.47. The quantitative estimate of drug-likeness (QED) is 0.756. The van der Waals surface area contributed by atoms with E-state index < -0.39 is 12.0 Å². The summed E-state index contributed by atoms with van der Waals surface area (Å²) in [4.78, 5) is 38.6. The Kier molecular flexibility index (Phi) is 6.58. The van der Waals surface area contributed by atoms with Crippen LogP contribution < -0.4 is 5.32 Å². The van der Waals surface area contributed by atoms with Crippen LogP contribution in [0.5, 0.6) is 0 Å². The number of carbonyl (C=O) groups is 3. The average Bonchev–Trinajstić information content (AvgIpc) is 2.58. The first-order chi connectivity index (χ1) is 11.8. The fourth-order valence-electron chi connectivity index (χ4n) is 2.57. The van der Waals surface area contributed by atoms with Crippen molar-refractivity contribution >= 4 is 33.7 Å². The highest BCUT2D eigenvalue weighted by atomic mass is 79.9. The van der Waals surface area contributed by atoms with Gasteiger partial charge in [0.15, 0.2) is 0 Å². The van der Waals surface area contributed by atoms with Gasteiger partial charge in [-0.3, -0.25) is 14.4 Å². The Labute approximate surface area is 156 Å². The van der Waals surface area contributed by atoms with Gasteiger partial charge in [0.2, 0.25) is 5.91 Å². The number of nitrogens with zero attached hydrogens (tertiary/aromatic N) is 1. The molecule has 0 saturated carbocycles. The number of nitrogens with one attached hydrogen (secondary N) is 1. The van der Waals surface area contributed by atoms with E-state index in [1.54, 1.807) is 19.1 Å². The third-order valence-electron chi connectivity index (χ3n) is 4.28. The molecule has 0 spiro atoms. The molecular weight excluding hydrogens is 388 g/mol. The SMILES string of the molecule is CCC(C)OC(=O)CC1C(=O)NCCN1C(=O)c1ccc(C)c(Br)c1. The highest BCUT2D eigenvalue weighted by molar-refractivity contribution is 9.10. The van der Waals surface area contributed by atoms with Crippen molar-refractivity contribution in [2.24, 2.45) is 0 Å². The summed E-state index contributed by atoms with van der Waals surface area (Å²) in [5.41, 5.74) is 1.49. The number of benzene rings is 1. The lowest BCUT2D eigenvalue weighted by atomic mass is 10.1. The Morgan fingerprint density at radius 2 is 2.16 bits per heavy atom. The van der Waals surface area contributed by atoms with E-state index in [9.17, 15) is 14.4 Å². The van der Waals surface area contributed by atoms with Crippen molar-refractivity contribution in [1.29, 1.82) is 0 Å². The van der Waals surface area contributed by atoms with Gasteiger partial charge in [-0.05, 0) is 38.0 Å². The van der Waals surface area contributed by atoms with Gasteiger partial charge in [0.25, 0.3) is 5.91 Å². The molecule has 1 aliphatic rings. The first-order valence-electron chi connectivity index (χ1n) is 8.37. The van der Waals surface area contributed by atoms with Gasteiger partial charge in [0.05, 0.1) is 12.5 Å². The van der Waals surface area contributed by atoms with Crippen molar-refractivity contribution in [3.8, 4) is 0 Å². The van der Waals surface area contributed by atoms with E-state index in [0.717, 1.165) is 10.0 Å². The zero-order valence-corrected chi connectivity index (χ0v) is 16.3. The molecule has 0 aromatic heterocycles. The average molecular weight is 411 g/mol. The molecule has 2 unspecified atom stereocenters. The van der Waals surface area contributed by atoms with Gasteiger partial charge in [-0.2, -0.15) is 0 Å². The van der Waals surface area contributed by atoms with E-state index >= 15 is 0 Å². The van der Waals surface area contributed by atoms with Gasteiger partial charge < -0.3 is 15.0 Å². The minimum atomic E-state index is -0.849. The molecule has 0 aliphatic carbocycles. The molecule has 7 heteroatoms. The van der Waals surface area contributed by atoms with Crippen molar-refractivity contribution in [2.45, 2.75) is 45.8 Å². The van der Waals surface area contributed by atoms with Gasteiger partial charge in [-0.1, -0.05) is 28.9 Å². The summed E-state index contributed by atoms with van der Waals surface area (Å²) in [6.45, 7) is 6.37. The molecule has 2 rings (SSSR count). The third-order valence-corrected chi connectivity index (χ3v) is 5.13. The molecule has 1 saturated heterocycles. The normalized spacial score (nSPS) is 18.5. The molecule has 25 heavy (non-hydrogen) atoms. The first kappa shape index (κ1) is 19.4. The van der Waals surface area contributed by atoms with Crippen LogP contribution in [0.1, 0.15) is 42.6 Å². The molecule has 1 aromatic carbocycles. The Hall–Kier alpha value is -1.89. The maximum Gasteiger partial charge on any atom is 0.308 e. The minimum Gasteiger partial charge on any atom is -0.463 e. The number of piperazine rings is 1. The molecule has 0 radical (unpaired) electrons. The smallest absolute Gasteiger partial charge is 0.308 e. The second-order valence-corrected chi connectivity index (χ2v) is 7.04. The van der Waals surface area contributed by atoms with Gasteiger partial charge in [-0.15, -0.1) is 0 Å².